The molecule has 0 radical (unpaired) electrons. The zero-order chi connectivity index (χ0) is 17.0. The van der Waals surface area contributed by atoms with Crippen LogP contribution in [0.25, 0.3) is 22.1 Å². The Labute approximate surface area is 139 Å². The highest BCUT2D eigenvalue weighted by Crippen LogP contribution is 2.22. The molecule has 120 valence electrons. The molecule has 4 aromatic rings. The largest absolute Gasteiger partial charge is 0.274 e. The van der Waals surface area contributed by atoms with Crippen molar-refractivity contribution in [2.24, 2.45) is 0 Å². The summed E-state index contributed by atoms with van der Waals surface area (Å²) in [5.74, 6) is -1.35. The number of imidazole rings is 1. The number of fused-ring (bicyclic) bond motifs is 3. The van der Waals surface area contributed by atoms with E-state index >= 15 is 0 Å². The van der Waals surface area contributed by atoms with Gasteiger partial charge in [0, 0.05) is 11.6 Å². The third-order valence-corrected chi connectivity index (χ3v) is 5.15. The van der Waals surface area contributed by atoms with Gasteiger partial charge in [-0.2, -0.15) is 0 Å². The van der Waals surface area contributed by atoms with Crippen LogP contribution in [0.15, 0.2) is 35.1 Å². The first-order valence-electron chi connectivity index (χ1n) is 7.33. The molecule has 0 saturated carbocycles. The van der Waals surface area contributed by atoms with Crippen molar-refractivity contribution in [3.05, 3.63) is 73.5 Å². The summed E-state index contributed by atoms with van der Waals surface area (Å²) < 4.78 is 28.7. The summed E-state index contributed by atoms with van der Waals surface area (Å²) >= 11 is 1.20. The number of benzene rings is 2. The highest BCUT2D eigenvalue weighted by Gasteiger charge is 2.14. The van der Waals surface area contributed by atoms with E-state index in [1.165, 1.54) is 29.5 Å². The fourth-order valence-electron chi connectivity index (χ4n) is 2.72. The van der Waals surface area contributed by atoms with Gasteiger partial charge in [0.1, 0.15) is 11.6 Å². The number of hydrogen-bond acceptors (Lipinski definition) is 3. The van der Waals surface area contributed by atoms with Crippen molar-refractivity contribution < 1.29 is 8.78 Å². The van der Waals surface area contributed by atoms with Crippen LogP contribution in [0.4, 0.5) is 8.78 Å². The van der Waals surface area contributed by atoms with Crippen molar-refractivity contribution in [3.63, 3.8) is 0 Å². The lowest BCUT2D eigenvalue weighted by molar-refractivity contribution is 0.581. The third-order valence-electron chi connectivity index (χ3n) is 4.18. The molecule has 0 aliphatic carbocycles. The summed E-state index contributed by atoms with van der Waals surface area (Å²) in [7, 11) is 0. The van der Waals surface area contributed by atoms with Crippen molar-refractivity contribution in [2.75, 3.05) is 0 Å². The lowest BCUT2D eigenvalue weighted by Crippen LogP contribution is -2.22. The standard InChI is InChI=1S/C18H12F2N2OS/c1-9-3-6-14-16(10(9)2)21-18-22(14)17(23)15(24-18)7-11-4-5-12(19)8-13(11)20/h3-8H,1-2H3. The Kier molecular flexibility index (Phi) is 3.25. The normalized spacial score (nSPS) is 12.6. The molecule has 6 heteroatoms. The van der Waals surface area contributed by atoms with Gasteiger partial charge in [0.25, 0.3) is 5.56 Å². The topological polar surface area (TPSA) is 34.4 Å². The van der Waals surface area contributed by atoms with E-state index in [0.29, 0.717) is 9.49 Å². The second-order valence-electron chi connectivity index (χ2n) is 5.69. The first-order valence-corrected chi connectivity index (χ1v) is 8.15. The fourth-order valence-corrected chi connectivity index (χ4v) is 3.70. The molecule has 2 aromatic heterocycles. The summed E-state index contributed by atoms with van der Waals surface area (Å²) in [5.41, 5.74) is 3.63. The Hall–Kier alpha value is -2.60. The van der Waals surface area contributed by atoms with E-state index in [2.05, 4.69) is 4.98 Å². The molecule has 0 spiro atoms. The number of rotatable bonds is 1. The molecule has 0 amide bonds. The highest BCUT2D eigenvalue weighted by atomic mass is 32.1. The van der Waals surface area contributed by atoms with Gasteiger partial charge in [0.15, 0.2) is 4.96 Å². The summed E-state index contributed by atoms with van der Waals surface area (Å²) in [4.78, 5) is 17.8. The minimum Gasteiger partial charge on any atom is -0.267 e. The van der Waals surface area contributed by atoms with Crippen molar-refractivity contribution in [3.8, 4) is 0 Å². The summed E-state index contributed by atoms with van der Waals surface area (Å²) in [5, 5.41) is 0. The van der Waals surface area contributed by atoms with E-state index in [4.69, 9.17) is 0 Å². The van der Waals surface area contributed by atoms with E-state index in [-0.39, 0.29) is 11.1 Å². The Morgan fingerprint density at radius 3 is 2.71 bits per heavy atom. The molecule has 2 aromatic carbocycles. The van der Waals surface area contributed by atoms with Crippen LogP contribution >= 0.6 is 11.3 Å². The van der Waals surface area contributed by atoms with E-state index < -0.39 is 11.6 Å². The van der Waals surface area contributed by atoms with Gasteiger partial charge in [-0.3, -0.25) is 4.79 Å². The predicted octanol–water partition coefficient (Wildman–Crippen LogP) is 3.35. The van der Waals surface area contributed by atoms with Gasteiger partial charge in [-0.05, 0) is 49.2 Å². The van der Waals surface area contributed by atoms with E-state index in [0.717, 1.165) is 28.2 Å². The zero-order valence-corrected chi connectivity index (χ0v) is 13.7. The molecule has 4 rings (SSSR count). The minimum absolute atomic E-state index is 0.175. The third kappa shape index (κ3) is 2.14. The van der Waals surface area contributed by atoms with E-state index in [1.807, 2.05) is 26.0 Å². The molecule has 24 heavy (non-hydrogen) atoms. The highest BCUT2D eigenvalue weighted by molar-refractivity contribution is 7.15. The average Bonchev–Trinajstić information content (AvgIpc) is 3.04. The maximum atomic E-state index is 13.8. The van der Waals surface area contributed by atoms with E-state index in [9.17, 15) is 13.6 Å². The second-order valence-corrected chi connectivity index (χ2v) is 6.70. The fraction of sp³-hybridized carbons (Fsp3) is 0.111. The number of nitrogens with zero attached hydrogens (tertiary/aromatic N) is 2. The van der Waals surface area contributed by atoms with Crippen LogP contribution in [0.3, 0.4) is 0 Å². The van der Waals surface area contributed by atoms with Crippen LogP contribution < -0.4 is 10.1 Å². The van der Waals surface area contributed by atoms with Gasteiger partial charge in [0.2, 0.25) is 0 Å². The van der Waals surface area contributed by atoms with Crippen LogP contribution in [0.5, 0.6) is 0 Å². The predicted molar refractivity (Wildman–Crippen MR) is 91.5 cm³/mol. The number of aromatic nitrogens is 2. The molecule has 0 atom stereocenters. The summed E-state index contributed by atoms with van der Waals surface area (Å²) in [6.45, 7) is 3.97. The average molecular weight is 342 g/mol. The van der Waals surface area contributed by atoms with Crippen molar-refractivity contribution in [2.45, 2.75) is 13.8 Å². The molecule has 0 aliphatic rings. The molecular weight excluding hydrogens is 330 g/mol. The molecule has 0 aliphatic heterocycles. The Morgan fingerprint density at radius 2 is 1.96 bits per heavy atom. The summed E-state index contributed by atoms with van der Waals surface area (Å²) in [6.07, 6.45) is 1.43. The lowest BCUT2D eigenvalue weighted by atomic mass is 10.1. The maximum Gasteiger partial charge on any atom is 0.274 e. The first-order chi connectivity index (χ1) is 11.5. The molecular formula is C18H12F2N2OS. The van der Waals surface area contributed by atoms with Gasteiger partial charge >= 0.3 is 0 Å². The van der Waals surface area contributed by atoms with Gasteiger partial charge < -0.3 is 0 Å². The minimum atomic E-state index is -0.697. The van der Waals surface area contributed by atoms with Crippen LogP contribution in [0.2, 0.25) is 0 Å². The smallest absolute Gasteiger partial charge is 0.267 e. The molecule has 0 saturated heterocycles. The van der Waals surface area contributed by atoms with Gasteiger partial charge in [-0.25, -0.2) is 18.2 Å². The summed E-state index contributed by atoms with van der Waals surface area (Å²) in [6, 6.07) is 7.11. The molecule has 0 bridgehead atoms. The number of halogens is 2. The Balaban J connectivity index is 2.02. The molecule has 0 fully saturated rings. The quantitative estimate of drug-likeness (QED) is 0.532. The molecule has 0 unspecified atom stereocenters. The SMILES string of the molecule is Cc1ccc2c(nc3sc(=Cc4ccc(F)cc4F)c(=O)n32)c1C. The molecule has 0 N–H and O–H groups in total. The van der Waals surface area contributed by atoms with Crippen molar-refractivity contribution in [1.29, 1.82) is 0 Å². The zero-order valence-electron chi connectivity index (χ0n) is 12.9. The van der Waals surface area contributed by atoms with Crippen LogP contribution in [0, 0.1) is 25.5 Å². The van der Waals surface area contributed by atoms with Crippen LogP contribution in [-0.4, -0.2) is 9.38 Å². The monoisotopic (exact) mass is 342 g/mol. The van der Waals surface area contributed by atoms with E-state index in [1.54, 1.807) is 4.40 Å². The first kappa shape index (κ1) is 15.0. The Morgan fingerprint density at radius 1 is 1.17 bits per heavy atom. The lowest BCUT2D eigenvalue weighted by Gasteiger charge is -1.99. The van der Waals surface area contributed by atoms with Crippen LogP contribution in [0.1, 0.15) is 16.7 Å². The number of thiazole rings is 1. The number of hydrogen-bond donors (Lipinski definition) is 0. The Bertz CT molecular complexity index is 1220. The second kappa shape index (κ2) is 5.21. The van der Waals surface area contributed by atoms with Gasteiger partial charge in [0.05, 0.1) is 15.6 Å². The van der Waals surface area contributed by atoms with Gasteiger partial charge in [-0.15, -0.1) is 0 Å². The van der Waals surface area contributed by atoms with Crippen molar-refractivity contribution in [1.82, 2.24) is 9.38 Å². The molecule has 3 nitrogen and oxygen atoms in total. The maximum absolute atomic E-state index is 13.8. The van der Waals surface area contributed by atoms with Crippen LogP contribution in [-0.2, 0) is 0 Å². The van der Waals surface area contributed by atoms with Gasteiger partial charge in [-0.1, -0.05) is 17.4 Å². The van der Waals surface area contributed by atoms with Crippen molar-refractivity contribution >= 4 is 33.4 Å². The molecule has 2 heterocycles. The number of aryl methyl sites for hydroxylation is 2.